The van der Waals surface area contributed by atoms with Crippen LogP contribution in [0.15, 0.2) is 47.6 Å². The van der Waals surface area contributed by atoms with E-state index in [-0.39, 0.29) is 29.0 Å². The van der Waals surface area contributed by atoms with Crippen LogP contribution in [-0.2, 0) is 21.7 Å². The van der Waals surface area contributed by atoms with Gasteiger partial charge in [0.05, 0.1) is 16.7 Å². The molecule has 1 aliphatic carbocycles. The Balaban J connectivity index is 1.62. The second kappa shape index (κ2) is 6.76. The fraction of sp³-hybridized carbons (Fsp3) is 0.412. The first kappa shape index (κ1) is 16.7. The highest BCUT2D eigenvalue weighted by atomic mass is 32.2. The van der Waals surface area contributed by atoms with Gasteiger partial charge >= 0.3 is 0 Å². The molecule has 2 aromatic rings. The van der Waals surface area contributed by atoms with Gasteiger partial charge in [0.15, 0.2) is 9.84 Å². The maximum absolute atomic E-state index is 12.3. The van der Waals surface area contributed by atoms with E-state index in [1.54, 1.807) is 36.5 Å². The molecule has 0 aliphatic heterocycles. The van der Waals surface area contributed by atoms with E-state index in [1.807, 2.05) is 17.8 Å². The Bertz CT molecular complexity index is 811. The van der Waals surface area contributed by atoms with Crippen LogP contribution in [-0.4, -0.2) is 29.6 Å². The van der Waals surface area contributed by atoms with Crippen molar-refractivity contribution in [3.63, 3.8) is 0 Å². The van der Waals surface area contributed by atoms with Gasteiger partial charge in [-0.05, 0) is 30.9 Å². The van der Waals surface area contributed by atoms with Gasteiger partial charge in [-0.3, -0.25) is 4.79 Å². The first-order valence-electron chi connectivity index (χ1n) is 8.02. The van der Waals surface area contributed by atoms with Crippen molar-refractivity contribution in [3.8, 4) is 0 Å². The molecule has 0 saturated heterocycles. The summed E-state index contributed by atoms with van der Waals surface area (Å²) in [6, 6.07) is 8.08. The number of rotatable bonds is 7. The Morgan fingerprint density at radius 3 is 2.62 bits per heavy atom. The van der Waals surface area contributed by atoms with Crippen molar-refractivity contribution >= 4 is 15.7 Å². The zero-order chi connectivity index (χ0) is 17.2. The van der Waals surface area contributed by atoms with Crippen LogP contribution in [0.4, 0.5) is 0 Å². The average Bonchev–Trinajstić information content (AvgIpc) is 3.33. The summed E-state index contributed by atoms with van der Waals surface area (Å²) >= 11 is 0. The Hall–Kier alpha value is -2.15. The van der Waals surface area contributed by atoms with Crippen molar-refractivity contribution in [2.75, 3.05) is 5.75 Å². The molecule has 0 radical (unpaired) electrons. The van der Waals surface area contributed by atoms with Crippen LogP contribution in [0.5, 0.6) is 0 Å². The minimum absolute atomic E-state index is 0.0507. The highest BCUT2D eigenvalue weighted by Gasteiger charge is 2.35. The second-order valence-electron chi connectivity index (χ2n) is 6.16. The highest BCUT2D eigenvalue weighted by molar-refractivity contribution is 7.91. The SMILES string of the molecule is Cn1ccnc1[C@H](NC(=O)CCS(=O)(=O)c1ccccc1)C1CC1. The number of carbonyl (C=O) groups excluding carboxylic acids is 1. The Labute approximate surface area is 141 Å². The molecule has 6 nitrogen and oxygen atoms in total. The second-order valence-corrected chi connectivity index (χ2v) is 8.27. The molecule has 7 heteroatoms. The molecule has 1 fully saturated rings. The minimum atomic E-state index is -3.44. The van der Waals surface area contributed by atoms with E-state index >= 15 is 0 Å². The van der Waals surface area contributed by atoms with E-state index < -0.39 is 9.84 Å². The van der Waals surface area contributed by atoms with Crippen molar-refractivity contribution in [2.24, 2.45) is 13.0 Å². The van der Waals surface area contributed by atoms with E-state index in [0.29, 0.717) is 5.92 Å². The van der Waals surface area contributed by atoms with Gasteiger partial charge in [0.2, 0.25) is 5.91 Å². The lowest BCUT2D eigenvalue weighted by Gasteiger charge is -2.18. The third-order valence-electron chi connectivity index (χ3n) is 4.25. The molecule has 1 amide bonds. The normalized spacial score (nSPS) is 15.9. The topological polar surface area (TPSA) is 81.1 Å². The van der Waals surface area contributed by atoms with Crippen LogP contribution in [0.3, 0.4) is 0 Å². The lowest BCUT2D eigenvalue weighted by molar-refractivity contribution is -0.121. The van der Waals surface area contributed by atoms with Crippen LogP contribution >= 0.6 is 0 Å². The number of aryl methyl sites for hydroxylation is 1. The molecule has 1 saturated carbocycles. The zero-order valence-electron chi connectivity index (χ0n) is 13.6. The summed E-state index contributed by atoms with van der Waals surface area (Å²) in [6.45, 7) is 0. The van der Waals surface area contributed by atoms with Crippen molar-refractivity contribution in [2.45, 2.75) is 30.2 Å². The summed E-state index contributed by atoms with van der Waals surface area (Å²) in [5, 5.41) is 2.96. The molecule has 1 aromatic carbocycles. The fourth-order valence-corrected chi connectivity index (χ4v) is 3.98. The predicted molar refractivity (Wildman–Crippen MR) is 89.9 cm³/mol. The largest absolute Gasteiger partial charge is 0.346 e. The molecule has 1 N–H and O–H groups in total. The van der Waals surface area contributed by atoms with Crippen LogP contribution < -0.4 is 5.32 Å². The molecule has 1 aromatic heterocycles. The summed E-state index contributed by atoms with van der Waals surface area (Å²) in [5.41, 5.74) is 0. The number of hydrogen-bond donors (Lipinski definition) is 1. The summed E-state index contributed by atoms with van der Waals surface area (Å²) in [4.78, 5) is 16.8. The van der Waals surface area contributed by atoms with Crippen molar-refractivity contribution in [1.29, 1.82) is 0 Å². The fourth-order valence-electron chi connectivity index (χ4n) is 2.72. The molecular weight excluding hydrogens is 326 g/mol. The van der Waals surface area contributed by atoms with E-state index in [1.165, 1.54) is 0 Å². The van der Waals surface area contributed by atoms with Gasteiger partial charge in [-0.2, -0.15) is 0 Å². The molecule has 24 heavy (non-hydrogen) atoms. The third-order valence-corrected chi connectivity index (χ3v) is 5.98. The van der Waals surface area contributed by atoms with Gasteiger partial charge in [-0.25, -0.2) is 13.4 Å². The Morgan fingerprint density at radius 2 is 2.04 bits per heavy atom. The first-order valence-corrected chi connectivity index (χ1v) is 9.67. The monoisotopic (exact) mass is 347 g/mol. The lowest BCUT2D eigenvalue weighted by Crippen LogP contribution is -2.32. The summed E-state index contributed by atoms with van der Waals surface area (Å²) in [5.74, 6) is 0.757. The third kappa shape index (κ3) is 3.84. The molecule has 0 bridgehead atoms. The van der Waals surface area contributed by atoms with Crippen LogP contribution in [0.25, 0.3) is 0 Å². The maximum atomic E-state index is 12.3. The Morgan fingerprint density at radius 1 is 1.33 bits per heavy atom. The molecule has 1 aliphatic rings. The molecular formula is C17H21N3O3S. The van der Waals surface area contributed by atoms with Crippen molar-refractivity contribution in [3.05, 3.63) is 48.5 Å². The van der Waals surface area contributed by atoms with Gasteiger partial charge in [-0.1, -0.05) is 18.2 Å². The molecule has 128 valence electrons. The summed E-state index contributed by atoms with van der Waals surface area (Å²) < 4.78 is 26.4. The number of nitrogens with zero attached hydrogens (tertiary/aromatic N) is 2. The number of aromatic nitrogens is 2. The van der Waals surface area contributed by atoms with Gasteiger partial charge < -0.3 is 9.88 Å². The van der Waals surface area contributed by atoms with Crippen LogP contribution in [0.1, 0.15) is 31.1 Å². The number of nitrogens with one attached hydrogen (secondary N) is 1. The minimum Gasteiger partial charge on any atom is -0.346 e. The summed E-state index contributed by atoms with van der Waals surface area (Å²) in [6.07, 6.45) is 5.61. The molecule has 1 heterocycles. The van der Waals surface area contributed by atoms with Crippen LogP contribution in [0, 0.1) is 5.92 Å². The number of imidazole rings is 1. The van der Waals surface area contributed by atoms with E-state index in [9.17, 15) is 13.2 Å². The van der Waals surface area contributed by atoms with Gasteiger partial charge in [-0.15, -0.1) is 0 Å². The van der Waals surface area contributed by atoms with Crippen LogP contribution in [0.2, 0.25) is 0 Å². The van der Waals surface area contributed by atoms with Crippen molar-refractivity contribution < 1.29 is 13.2 Å². The smallest absolute Gasteiger partial charge is 0.221 e. The van der Waals surface area contributed by atoms with E-state index in [2.05, 4.69) is 10.3 Å². The summed E-state index contributed by atoms with van der Waals surface area (Å²) in [7, 11) is -1.55. The highest BCUT2D eigenvalue weighted by Crippen LogP contribution is 2.40. The average molecular weight is 347 g/mol. The molecule has 1 atom stereocenters. The van der Waals surface area contributed by atoms with Crippen molar-refractivity contribution in [1.82, 2.24) is 14.9 Å². The van der Waals surface area contributed by atoms with Gasteiger partial charge in [0, 0.05) is 25.9 Å². The number of sulfone groups is 1. The standard InChI is InChI=1S/C17H21N3O3S/c1-20-11-10-18-17(20)16(13-7-8-13)19-15(21)9-12-24(22,23)14-5-3-2-4-6-14/h2-6,10-11,13,16H,7-9,12H2,1H3,(H,19,21)/t16-/m1/s1. The number of amides is 1. The molecule has 3 rings (SSSR count). The number of benzene rings is 1. The quantitative estimate of drug-likeness (QED) is 0.829. The van der Waals surface area contributed by atoms with E-state index in [0.717, 1.165) is 18.7 Å². The lowest BCUT2D eigenvalue weighted by atomic mass is 10.1. The van der Waals surface area contributed by atoms with Gasteiger partial charge in [0.1, 0.15) is 5.82 Å². The molecule has 0 spiro atoms. The molecule has 0 unspecified atom stereocenters. The predicted octanol–water partition coefficient (Wildman–Crippen LogP) is 1.85. The van der Waals surface area contributed by atoms with Gasteiger partial charge in [0.25, 0.3) is 0 Å². The first-order chi connectivity index (χ1) is 11.5. The maximum Gasteiger partial charge on any atom is 0.221 e. The Kier molecular flexibility index (Phi) is 4.71. The van der Waals surface area contributed by atoms with E-state index in [4.69, 9.17) is 0 Å². The zero-order valence-corrected chi connectivity index (χ0v) is 14.4. The number of hydrogen-bond acceptors (Lipinski definition) is 4. The number of carbonyl (C=O) groups is 1.